The summed E-state index contributed by atoms with van der Waals surface area (Å²) in [5.74, 6) is -3.40. The van der Waals surface area contributed by atoms with Crippen LogP contribution in [0.15, 0.2) is 46.9 Å². The molecule has 0 atom stereocenters. The molecule has 0 unspecified atom stereocenters. The second-order valence-corrected chi connectivity index (χ2v) is 10.7. The van der Waals surface area contributed by atoms with Crippen LogP contribution < -0.4 is 5.32 Å². The highest BCUT2D eigenvalue weighted by Gasteiger charge is 2.24. The van der Waals surface area contributed by atoms with Gasteiger partial charge in [0.15, 0.2) is 5.78 Å². The van der Waals surface area contributed by atoms with Crippen LogP contribution in [0.25, 0.3) is 11.0 Å². The van der Waals surface area contributed by atoms with Crippen LogP contribution in [0.5, 0.6) is 0 Å². The van der Waals surface area contributed by atoms with E-state index in [9.17, 15) is 19.7 Å². The van der Waals surface area contributed by atoms with E-state index in [0.717, 1.165) is 38.9 Å². The molecule has 0 saturated heterocycles. The maximum absolute atomic E-state index is 13.6. The number of carboxylic acid groups (broad SMARTS) is 2. The van der Waals surface area contributed by atoms with Gasteiger partial charge in [-0.15, -0.1) is 0 Å². The van der Waals surface area contributed by atoms with E-state index in [1.54, 1.807) is 30.3 Å². The van der Waals surface area contributed by atoms with Gasteiger partial charge in [-0.25, -0.2) is 9.59 Å². The van der Waals surface area contributed by atoms with Crippen LogP contribution in [0.4, 0.5) is 11.4 Å². The molecular formula is C33H43N3O9. The van der Waals surface area contributed by atoms with Gasteiger partial charge in [0.2, 0.25) is 5.91 Å². The highest BCUT2D eigenvalue weighted by atomic mass is 16.6. The average molecular weight is 626 g/mol. The Kier molecular flexibility index (Phi) is 15.4. The largest absolute Gasteiger partial charge is 0.473 e. The molecule has 0 spiro atoms. The topological polar surface area (TPSA) is 180 Å². The Morgan fingerprint density at radius 3 is 1.96 bits per heavy atom. The second-order valence-electron chi connectivity index (χ2n) is 10.7. The lowest BCUT2D eigenvalue weighted by Crippen LogP contribution is -2.28. The molecule has 1 amide bonds. The highest BCUT2D eigenvalue weighted by Crippen LogP contribution is 2.32. The molecule has 45 heavy (non-hydrogen) atoms. The maximum atomic E-state index is 13.6. The fraction of sp³-hybridized carbons (Fsp3) is 0.455. The molecule has 1 aromatic heterocycles. The number of hydrogen-bond donors (Lipinski definition) is 3. The molecule has 0 aliphatic carbocycles. The van der Waals surface area contributed by atoms with E-state index in [-0.39, 0.29) is 17.4 Å². The van der Waals surface area contributed by atoms with Gasteiger partial charge >= 0.3 is 11.9 Å². The molecule has 244 valence electrons. The van der Waals surface area contributed by atoms with E-state index in [4.69, 9.17) is 24.2 Å². The van der Waals surface area contributed by atoms with Crippen molar-refractivity contribution < 1.29 is 38.7 Å². The van der Waals surface area contributed by atoms with Crippen molar-refractivity contribution in [1.82, 2.24) is 4.90 Å². The minimum Gasteiger partial charge on any atom is -0.473 e. The second kappa shape index (κ2) is 18.9. The van der Waals surface area contributed by atoms with Gasteiger partial charge in [0.25, 0.3) is 5.69 Å². The van der Waals surface area contributed by atoms with E-state index in [2.05, 4.69) is 31.0 Å². The number of benzene rings is 2. The van der Waals surface area contributed by atoms with Crippen molar-refractivity contribution in [3.63, 3.8) is 0 Å². The van der Waals surface area contributed by atoms with Crippen molar-refractivity contribution in [2.75, 3.05) is 25.0 Å². The van der Waals surface area contributed by atoms with Crippen LogP contribution in [0.3, 0.4) is 0 Å². The lowest BCUT2D eigenvalue weighted by Gasteiger charge is -2.21. The minimum atomic E-state index is -1.82. The fourth-order valence-electron chi connectivity index (χ4n) is 4.65. The lowest BCUT2D eigenvalue weighted by molar-refractivity contribution is -0.384. The number of fused-ring (bicyclic) bond motifs is 1. The van der Waals surface area contributed by atoms with Crippen molar-refractivity contribution in [3.05, 3.63) is 69.5 Å². The van der Waals surface area contributed by atoms with Gasteiger partial charge in [-0.1, -0.05) is 40.0 Å². The Morgan fingerprint density at radius 1 is 0.844 bits per heavy atom. The van der Waals surface area contributed by atoms with Crippen LogP contribution in [-0.2, 0) is 20.8 Å². The third-order valence-electron chi connectivity index (χ3n) is 7.09. The summed E-state index contributed by atoms with van der Waals surface area (Å²) >= 11 is 0. The number of rotatable bonds is 17. The third-order valence-corrected chi connectivity index (χ3v) is 7.09. The first-order valence-corrected chi connectivity index (χ1v) is 15.3. The first-order valence-electron chi connectivity index (χ1n) is 15.3. The minimum absolute atomic E-state index is 0.0463. The van der Waals surface area contributed by atoms with Gasteiger partial charge in [-0.05, 0) is 75.6 Å². The number of aliphatic carboxylic acids is 2. The predicted molar refractivity (Wildman–Crippen MR) is 171 cm³/mol. The molecule has 2 aromatic carbocycles. The number of ketones is 1. The molecule has 0 radical (unpaired) electrons. The monoisotopic (exact) mass is 625 g/mol. The molecule has 0 saturated carbocycles. The normalized spacial score (nSPS) is 10.8. The number of carboxylic acids is 2. The first-order chi connectivity index (χ1) is 21.5. The molecule has 1 heterocycles. The number of amides is 1. The van der Waals surface area contributed by atoms with Gasteiger partial charge < -0.3 is 24.8 Å². The quantitative estimate of drug-likeness (QED) is 0.0633. The number of carbonyl (C=O) groups is 4. The molecule has 0 fully saturated rings. The summed E-state index contributed by atoms with van der Waals surface area (Å²) in [7, 11) is 0. The summed E-state index contributed by atoms with van der Waals surface area (Å²) in [6.45, 7) is 9.51. The van der Waals surface area contributed by atoms with E-state index in [1.807, 2.05) is 0 Å². The predicted octanol–water partition coefficient (Wildman–Crippen LogP) is 6.69. The third kappa shape index (κ3) is 11.8. The Balaban J connectivity index is 0.00000107. The Bertz CT molecular complexity index is 1430. The summed E-state index contributed by atoms with van der Waals surface area (Å²) in [5, 5.41) is 29.5. The van der Waals surface area contributed by atoms with Crippen molar-refractivity contribution in [2.24, 2.45) is 0 Å². The van der Waals surface area contributed by atoms with Crippen LogP contribution in [0, 0.1) is 10.1 Å². The molecule has 0 aliphatic rings. The Labute approximate surface area is 262 Å². The molecule has 12 heteroatoms. The highest BCUT2D eigenvalue weighted by molar-refractivity contribution is 6.27. The number of nitrogens with zero attached hydrogens (tertiary/aromatic N) is 2. The van der Waals surface area contributed by atoms with Gasteiger partial charge in [-0.2, -0.15) is 0 Å². The number of aryl methyl sites for hydroxylation is 1. The van der Waals surface area contributed by atoms with Crippen LogP contribution in [0.1, 0.15) is 93.8 Å². The van der Waals surface area contributed by atoms with E-state index >= 15 is 0 Å². The average Bonchev–Trinajstić information content (AvgIpc) is 3.38. The van der Waals surface area contributed by atoms with Crippen molar-refractivity contribution in [3.8, 4) is 0 Å². The fourth-order valence-corrected chi connectivity index (χ4v) is 4.65. The number of nitro benzene ring substituents is 1. The van der Waals surface area contributed by atoms with Crippen molar-refractivity contribution in [2.45, 2.75) is 78.6 Å². The summed E-state index contributed by atoms with van der Waals surface area (Å²) in [6, 6.07) is 11.1. The zero-order chi connectivity index (χ0) is 33.4. The number of hydrogen-bond acceptors (Lipinski definition) is 8. The standard InChI is InChI=1S/C31H41N3O5.C2H2O4/c1-4-7-11-28-30(26-22-25(34(37)38)17-18-27(26)39-28)31(36)23-13-15-24(16-14-23)32-29(35)12-10-21-33(19-8-5-2)20-9-6-3;3-1(4)2(5)6/h13-18,22H,4-12,19-21H2,1-3H3,(H,32,35);(H,3,4)(H,5,6). The van der Waals surface area contributed by atoms with E-state index in [1.165, 1.54) is 37.8 Å². The molecule has 3 aromatic rings. The zero-order valence-corrected chi connectivity index (χ0v) is 26.2. The number of nitrogens with one attached hydrogen (secondary N) is 1. The SMILES string of the molecule is CCCCc1oc2ccc([N+](=O)[O-])cc2c1C(=O)c1ccc(NC(=O)CCCN(CCCC)CCCC)cc1.O=C(O)C(=O)O. The zero-order valence-electron chi connectivity index (χ0n) is 26.2. The molecular weight excluding hydrogens is 582 g/mol. The summed E-state index contributed by atoms with van der Waals surface area (Å²) in [6.07, 6.45) is 8.25. The summed E-state index contributed by atoms with van der Waals surface area (Å²) in [4.78, 5) is 57.6. The number of nitro groups is 1. The van der Waals surface area contributed by atoms with Crippen LogP contribution >= 0.6 is 0 Å². The van der Waals surface area contributed by atoms with Gasteiger partial charge in [0.05, 0.1) is 10.5 Å². The van der Waals surface area contributed by atoms with E-state index < -0.39 is 16.9 Å². The number of non-ortho nitro benzene ring substituents is 1. The molecule has 0 aliphatic heterocycles. The van der Waals surface area contributed by atoms with Gasteiger partial charge in [0.1, 0.15) is 11.3 Å². The molecule has 12 nitrogen and oxygen atoms in total. The number of carbonyl (C=O) groups excluding carboxylic acids is 2. The van der Waals surface area contributed by atoms with Gasteiger partial charge in [0, 0.05) is 41.6 Å². The lowest BCUT2D eigenvalue weighted by atomic mass is 9.98. The van der Waals surface area contributed by atoms with E-state index in [0.29, 0.717) is 46.4 Å². The van der Waals surface area contributed by atoms with Crippen LogP contribution in [0.2, 0.25) is 0 Å². The molecule has 3 N–H and O–H groups in total. The van der Waals surface area contributed by atoms with Gasteiger partial charge in [-0.3, -0.25) is 19.7 Å². The molecule has 0 bridgehead atoms. The maximum Gasteiger partial charge on any atom is 0.414 e. The van der Waals surface area contributed by atoms with Crippen molar-refractivity contribution in [1.29, 1.82) is 0 Å². The Morgan fingerprint density at radius 2 is 1.42 bits per heavy atom. The first kappa shape index (κ1) is 36.6. The Hall–Kier alpha value is -4.58. The van der Waals surface area contributed by atoms with Crippen molar-refractivity contribution >= 4 is 46.0 Å². The summed E-state index contributed by atoms with van der Waals surface area (Å²) < 4.78 is 5.95. The van der Waals surface area contributed by atoms with Crippen LogP contribution in [-0.4, -0.2) is 63.3 Å². The number of furan rings is 1. The summed E-state index contributed by atoms with van der Waals surface area (Å²) in [5.41, 5.74) is 1.81. The smallest absolute Gasteiger partial charge is 0.414 e. The number of unbranched alkanes of at least 4 members (excludes halogenated alkanes) is 3. The molecule has 3 rings (SSSR count). The number of anilines is 1.